The van der Waals surface area contributed by atoms with Crippen molar-refractivity contribution >= 4 is 5.78 Å². The number of nitrogens with zero attached hydrogens (tertiary/aromatic N) is 1. The number of carbonyl (C=O) groups is 1. The van der Waals surface area contributed by atoms with Crippen molar-refractivity contribution in [3.8, 4) is 0 Å². The number of aliphatic hydroxyl groups is 1. The van der Waals surface area contributed by atoms with Crippen LogP contribution < -0.4 is 0 Å². The summed E-state index contributed by atoms with van der Waals surface area (Å²) in [5.41, 5.74) is 1.73. The molecule has 1 heterocycles. The van der Waals surface area contributed by atoms with E-state index in [0.29, 0.717) is 31.6 Å². The number of hydrogen-bond acceptors (Lipinski definition) is 3. The van der Waals surface area contributed by atoms with Crippen LogP contribution in [0, 0.1) is 17.3 Å². The molecule has 46 heavy (non-hydrogen) atoms. The summed E-state index contributed by atoms with van der Waals surface area (Å²) < 4.78 is 72.1. The summed E-state index contributed by atoms with van der Waals surface area (Å²) in [5.74, 6) is -5.72. The summed E-state index contributed by atoms with van der Waals surface area (Å²) in [5, 5.41) is 11.5. The molecule has 0 radical (unpaired) electrons. The Morgan fingerprint density at radius 3 is 2.24 bits per heavy atom. The summed E-state index contributed by atoms with van der Waals surface area (Å²) in [4.78, 5) is 14.8. The van der Waals surface area contributed by atoms with Crippen LogP contribution in [0.1, 0.15) is 93.2 Å². The molecule has 7 rings (SSSR count). The minimum Gasteiger partial charge on any atom is -0.383 e. The van der Waals surface area contributed by atoms with Crippen molar-refractivity contribution in [3.63, 3.8) is 0 Å². The molecule has 246 valence electrons. The molecule has 0 aromatic heterocycles. The fourth-order valence-electron chi connectivity index (χ4n) is 9.98. The zero-order valence-corrected chi connectivity index (χ0v) is 26.3. The summed E-state index contributed by atoms with van der Waals surface area (Å²) in [6, 6.07) is 18.7. The van der Waals surface area contributed by atoms with Crippen LogP contribution in [0.25, 0.3) is 0 Å². The standard InChI is InChI=1S/C38H42F5NO2/c1-35-22-32(27-9-7-24(8-10-27)23-44-19-16-26(17-20-44)25-5-3-2-4-6-25)34-30-14-12-29(45)21-28(30)11-13-31(34)33(35)15-18-36(35,46)37(39,40)38(41,42)43/h2-10,21,26,31-33,46H,11-20,22-23H2,1H3/t31-,32+,33-,35-,36+/m0/s1. The van der Waals surface area contributed by atoms with Crippen LogP contribution in [0.5, 0.6) is 0 Å². The Morgan fingerprint density at radius 1 is 0.870 bits per heavy atom. The average molecular weight is 640 g/mol. The van der Waals surface area contributed by atoms with Crippen molar-refractivity contribution < 1.29 is 31.9 Å². The number of fused-ring (bicyclic) bond motifs is 4. The van der Waals surface area contributed by atoms with E-state index in [2.05, 4.69) is 41.3 Å². The highest BCUT2D eigenvalue weighted by Gasteiger charge is 2.79. The Bertz CT molecular complexity index is 1540. The van der Waals surface area contributed by atoms with Gasteiger partial charge < -0.3 is 5.11 Å². The van der Waals surface area contributed by atoms with Crippen LogP contribution in [-0.2, 0) is 11.3 Å². The van der Waals surface area contributed by atoms with E-state index in [-0.39, 0.29) is 24.5 Å². The van der Waals surface area contributed by atoms with Gasteiger partial charge in [-0.1, -0.05) is 67.1 Å². The molecule has 5 aliphatic rings. The zero-order chi connectivity index (χ0) is 32.5. The van der Waals surface area contributed by atoms with Gasteiger partial charge in [0.2, 0.25) is 0 Å². The highest BCUT2D eigenvalue weighted by molar-refractivity contribution is 5.93. The Hall–Kier alpha value is -2.84. The van der Waals surface area contributed by atoms with E-state index in [1.165, 1.54) is 12.5 Å². The topological polar surface area (TPSA) is 40.5 Å². The van der Waals surface area contributed by atoms with E-state index < -0.39 is 41.4 Å². The zero-order valence-electron chi connectivity index (χ0n) is 26.3. The molecule has 0 spiro atoms. The van der Waals surface area contributed by atoms with Gasteiger partial charge >= 0.3 is 12.1 Å². The molecule has 0 unspecified atom stereocenters. The van der Waals surface area contributed by atoms with Gasteiger partial charge in [0.15, 0.2) is 5.78 Å². The molecule has 0 bridgehead atoms. The minimum absolute atomic E-state index is 0.00272. The van der Waals surface area contributed by atoms with Crippen molar-refractivity contribution in [2.75, 3.05) is 13.1 Å². The number of benzene rings is 2. The van der Waals surface area contributed by atoms with Crippen LogP contribution in [0.3, 0.4) is 0 Å². The molecule has 5 atom stereocenters. The van der Waals surface area contributed by atoms with Crippen molar-refractivity contribution in [2.45, 2.75) is 101 Å². The second-order valence-corrected chi connectivity index (χ2v) is 14.7. The van der Waals surface area contributed by atoms with Gasteiger partial charge in [0.05, 0.1) is 0 Å². The number of ketones is 1. The lowest BCUT2D eigenvalue weighted by atomic mass is 9.50. The van der Waals surface area contributed by atoms with Gasteiger partial charge in [0.1, 0.15) is 5.60 Å². The number of alkyl halides is 5. The molecule has 8 heteroatoms. The van der Waals surface area contributed by atoms with Gasteiger partial charge in [-0.2, -0.15) is 22.0 Å². The fraction of sp³-hybridized carbons (Fsp3) is 0.553. The van der Waals surface area contributed by atoms with E-state index >= 15 is 8.78 Å². The van der Waals surface area contributed by atoms with Crippen molar-refractivity contribution in [3.05, 3.63) is 94.1 Å². The van der Waals surface area contributed by atoms with Crippen molar-refractivity contribution in [1.29, 1.82) is 0 Å². The third-order valence-electron chi connectivity index (χ3n) is 12.4. The summed E-state index contributed by atoms with van der Waals surface area (Å²) in [7, 11) is 0. The number of hydrogen-bond donors (Lipinski definition) is 1. The summed E-state index contributed by atoms with van der Waals surface area (Å²) in [6.07, 6.45) is -0.311. The molecule has 2 aromatic rings. The smallest absolute Gasteiger partial charge is 0.383 e. The first-order valence-electron chi connectivity index (χ1n) is 16.8. The van der Waals surface area contributed by atoms with E-state index in [1.54, 1.807) is 6.08 Å². The molecule has 2 saturated carbocycles. The van der Waals surface area contributed by atoms with Crippen LogP contribution in [0.2, 0.25) is 0 Å². The van der Waals surface area contributed by atoms with Gasteiger partial charge in [-0.05, 0) is 116 Å². The molecule has 3 nitrogen and oxygen atoms in total. The number of halogens is 5. The molecule has 4 aliphatic carbocycles. The first kappa shape index (κ1) is 31.7. The van der Waals surface area contributed by atoms with E-state index in [4.69, 9.17) is 0 Å². The normalized spacial score (nSPS) is 32.5. The maximum atomic E-state index is 15.3. The molecule has 2 aromatic carbocycles. The molecule has 0 amide bonds. The fourth-order valence-corrected chi connectivity index (χ4v) is 9.98. The average Bonchev–Trinajstić information content (AvgIpc) is 3.32. The van der Waals surface area contributed by atoms with Gasteiger partial charge in [0, 0.05) is 24.3 Å². The van der Waals surface area contributed by atoms with Gasteiger partial charge in [-0.15, -0.1) is 0 Å². The quantitative estimate of drug-likeness (QED) is 0.332. The second kappa shape index (κ2) is 11.4. The molecular formula is C38H42F5NO2. The van der Waals surface area contributed by atoms with Crippen molar-refractivity contribution in [1.82, 2.24) is 4.90 Å². The Balaban J connectivity index is 1.19. The number of piperidine rings is 1. The third-order valence-corrected chi connectivity index (χ3v) is 12.4. The van der Waals surface area contributed by atoms with Gasteiger partial charge in [-0.3, -0.25) is 9.69 Å². The van der Waals surface area contributed by atoms with E-state index in [0.717, 1.165) is 60.3 Å². The second-order valence-electron chi connectivity index (χ2n) is 14.7. The molecule has 1 aliphatic heterocycles. The van der Waals surface area contributed by atoms with Crippen molar-refractivity contribution in [2.24, 2.45) is 17.3 Å². The Kier molecular flexibility index (Phi) is 7.87. The third kappa shape index (κ3) is 5.01. The maximum absolute atomic E-state index is 15.3. The predicted molar refractivity (Wildman–Crippen MR) is 166 cm³/mol. The number of carbonyl (C=O) groups excluding carboxylic acids is 1. The molecular weight excluding hydrogens is 597 g/mol. The van der Waals surface area contributed by atoms with E-state index in [1.807, 2.05) is 18.2 Å². The molecule has 1 saturated heterocycles. The Morgan fingerprint density at radius 2 is 1.57 bits per heavy atom. The highest BCUT2D eigenvalue weighted by Crippen LogP contribution is 2.70. The van der Waals surface area contributed by atoms with Gasteiger partial charge in [-0.25, -0.2) is 0 Å². The first-order valence-corrected chi connectivity index (χ1v) is 16.8. The summed E-state index contributed by atoms with van der Waals surface area (Å²) >= 11 is 0. The van der Waals surface area contributed by atoms with E-state index in [9.17, 15) is 23.1 Å². The SMILES string of the molecule is C[C@]12C[C@H](c3ccc(CN4CCC(c5ccccc5)CC4)cc3)C3=C4CCC(=O)C=C4CC[C@H]3[C@@H]1CC[C@]2(O)C(F)(F)C(F)(F)F. The lowest BCUT2D eigenvalue weighted by Crippen LogP contribution is -2.65. The predicted octanol–water partition coefficient (Wildman–Crippen LogP) is 8.89. The monoisotopic (exact) mass is 639 g/mol. The molecule has 3 fully saturated rings. The lowest BCUT2D eigenvalue weighted by molar-refractivity contribution is -0.362. The lowest BCUT2D eigenvalue weighted by Gasteiger charge is -2.56. The number of rotatable bonds is 5. The van der Waals surface area contributed by atoms with Crippen LogP contribution in [-0.4, -0.2) is 46.6 Å². The molecule has 1 N–H and O–H groups in total. The van der Waals surface area contributed by atoms with Crippen LogP contribution in [0.4, 0.5) is 22.0 Å². The maximum Gasteiger partial charge on any atom is 0.456 e. The number of likely N-dealkylation sites (tertiary alicyclic amines) is 1. The summed E-state index contributed by atoms with van der Waals surface area (Å²) in [6.45, 7) is 4.24. The van der Waals surface area contributed by atoms with Crippen LogP contribution in [0.15, 0.2) is 77.4 Å². The first-order chi connectivity index (χ1) is 21.8. The largest absolute Gasteiger partial charge is 0.456 e. The number of allylic oxidation sites excluding steroid dienone is 4. The minimum atomic E-state index is -5.85. The highest BCUT2D eigenvalue weighted by atomic mass is 19.4. The Labute approximate surface area is 267 Å². The van der Waals surface area contributed by atoms with Crippen LogP contribution >= 0.6 is 0 Å². The van der Waals surface area contributed by atoms with Gasteiger partial charge in [0.25, 0.3) is 0 Å².